The molecule has 28 atom stereocenters. The third-order valence-corrected chi connectivity index (χ3v) is 20.8. The number of aryl methyl sites for hydroxylation is 1. The summed E-state index contributed by atoms with van der Waals surface area (Å²) in [5.74, 6) is -3.86. The van der Waals surface area contributed by atoms with Crippen molar-refractivity contribution in [3.8, 4) is 5.75 Å². The molecule has 38 nitrogen and oxygen atoms in total. The number of carbonyl (C=O) groups is 5. The van der Waals surface area contributed by atoms with Crippen molar-refractivity contribution >= 4 is 29.7 Å². The predicted molar refractivity (Wildman–Crippen MR) is 390 cm³/mol. The molecule has 1 aromatic carbocycles. The van der Waals surface area contributed by atoms with Gasteiger partial charge in [-0.15, -0.1) is 0 Å². The highest BCUT2D eigenvalue weighted by Gasteiger charge is 2.57. The highest BCUT2D eigenvalue weighted by Crippen LogP contribution is 2.36. The number of aliphatic hydroxyl groups excluding tert-OH is 16. The predicted octanol–water partition coefficient (Wildman–Crippen LogP) is -3.24. The van der Waals surface area contributed by atoms with Crippen molar-refractivity contribution in [3.63, 3.8) is 0 Å². The minimum Gasteiger partial charge on any atom is -0.497 e. The Morgan fingerprint density at radius 2 is 0.885 bits per heavy atom. The highest BCUT2D eigenvalue weighted by molar-refractivity contribution is 5.77. The summed E-state index contributed by atoms with van der Waals surface area (Å²) in [7, 11) is 1.61. The van der Waals surface area contributed by atoms with Crippen LogP contribution in [0, 0.1) is 0 Å². The quantitative estimate of drug-likeness (QED) is 0.0285. The van der Waals surface area contributed by atoms with Crippen LogP contribution in [-0.4, -0.2) is 353 Å². The van der Waals surface area contributed by atoms with E-state index in [9.17, 15) is 116 Å². The van der Waals surface area contributed by atoms with E-state index in [0.29, 0.717) is 51.5 Å². The van der Waals surface area contributed by atoms with Gasteiger partial charge in [-0.25, -0.2) is 9.59 Å². The number of hydrogen-bond donors (Lipinski definition) is 21. The van der Waals surface area contributed by atoms with E-state index in [0.717, 1.165) is 69.1 Å². The molecule has 1 aromatic rings. The normalized spacial score (nSPS) is 32.9. The zero-order valence-corrected chi connectivity index (χ0v) is 64.5. The van der Waals surface area contributed by atoms with Gasteiger partial charge in [0.2, 0.25) is 17.7 Å². The molecule has 5 aliphatic heterocycles. The van der Waals surface area contributed by atoms with E-state index < -0.39 is 209 Å². The van der Waals surface area contributed by atoms with Gasteiger partial charge in [-0.05, 0) is 69.1 Å². The minimum absolute atomic E-state index is 0.0342. The lowest BCUT2D eigenvalue weighted by Crippen LogP contribution is -2.68. The van der Waals surface area contributed by atoms with Crippen molar-refractivity contribution in [3.05, 3.63) is 29.8 Å². The van der Waals surface area contributed by atoms with E-state index in [1.54, 1.807) is 7.11 Å². The lowest BCUT2D eigenvalue weighted by Gasteiger charge is -2.48. The van der Waals surface area contributed by atoms with Crippen LogP contribution in [0.3, 0.4) is 0 Å². The number of nitrogens with one attached hydrogen (secondary N) is 3. The summed E-state index contributed by atoms with van der Waals surface area (Å²) in [6.07, 6.45) is -31.0. The molecule has 3 amide bonds. The molecule has 5 fully saturated rings. The molecule has 5 saturated heterocycles. The van der Waals surface area contributed by atoms with E-state index in [1.807, 2.05) is 24.3 Å². The van der Waals surface area contributed by atoms with Gasteiger partial charge in [-0.2, -0.15) is 0 Å². The number of aliphatic carboxylic acids is 2. The zero-order valence-electron chi connectivity index (χ0n) is 64.5. The maximum absolute atomic E-state index is 13.3. The average Bonchev–Trinajstić information content (AvgIpc) is 0.770. The Kier molecular flexibility index (Phi) is 44.3. The summed E-state index contributed by atoms with van der Waals surface area (Å²) in [4.78, 5) is 62.5. The summed E-state index contributed by atoms with van der Waals surface area (Å²) in [6, 6.07) is 6.70. The average molecular weight is 1630 g/mol. The summed E-state index contributed by atoms with van der Waals surface area (Å²) < 4.78 is 66.6. The van der Waals surface area contributed by atoms with Gasteiger partial charge in [-0.1, -0.05) is 115 Å². The maximum atomic E-state index is 13.3. The van der Waals surface area contributed by atoms with Crippen molar-refractivity contribution in [2.75, 3.05) is 59.8 Å². The molecule has 0 spiro atoms. The monoisotopic (exact) mass is 1630 g/mol. The molecule has 21 N–H and O–H groups in total. The number of carboxylic acid groups (broad SMARTS) is 2. The first-order valence-electron chi connectivity index (χ1n) is 39.9. The van der Waals surface area contributed by atoms with Gasteiger partial charge in [0.25, 0.3) is 0 Å². The Morgan fingerprint density at radius 1 is 0.434 bits per heavy atom. The second-order valence-corrected chi connectivity index (χ2v) is 29.6. The van der Waals surface area contributed by atoms with Crippen LogP contribution in [0.1, 0.15) is 173 Å². The topological polar surface area (TPSA) is 596 Å². The summed E-state index contributed by atoms with van der Waals surface area (Å²) >= 11 is 0. The molecule has 6 rings (SSSR count). The number of benzene rings is 1. The van der Waals surface area contributed by atoms with Crippen molar-refractivity contribution in [1.82, 2.24) is 16.0 Å². The van der Waals surface area contributed by atoms with Crippen molar-refractivity contribution in [1.29, 1.82) is 0 Å². The van der Waals surface area contributed by atoms with E-state index in [1.165, 1.54) is 44.9 Å². The Balaban J connectivity index is 0.834. The molecule has 5 heterocycles. The largest absolute Gasteiger partial charge is 0.497 e. The van der Waals surface area contributed by atoms with Crippen molar-refractivity contribution < 1.29 is 173 Å². The van der Waals surface area contributed by atoms with Crippen LogP contribution in [0.25, 0.3) is 0 Å². The van der Waals surface area contributed by atoms with E-state index >= 15 is 0 Å². The van der Waals surface area contributed by atoms with Gasteiger partial charge in [0.15, 0.2) is 43.7 Å². The van der Waals surface area contributed by atoms with E-state index in [4.69, 9.17) is 56.8 Å². The van der Waals surface area contributed by atoms with Crippen LogP contribution in [0.5, 0.6) is 5.75 Å². The van der Waals surface area contributed by atoms with E-state index in [2.05, 4.69) is 22.9 Å². The second kappa shape index (κ2) is 51.6. The maximum Gasteiger partial charge on any atom is 0.335 e. The molecule has 5 aliphatic rings. The summed E-state index contributed by atoms with van der Waals surface area (Å²) in [5.41, 5.74) is 1.15. The number of carboxylic acids is 2. The van der Waals surface area contributed by atoms with Crippen LogP contribution < -0.4 is 20.7 Å². The number of aliphatic hydroxyl groups is 16. The summed E-state index contributed by atoms with van der Waals surface area (Å²) in [5, 5.41) is 201. The van der Waals surface area contributed by atoms with Gasteiger partial charge in [0.05, 0.1) is 52.3 Å². The van der Waals surface area contributed by atoms with Crippen LogP contribution in [-0.2, 0) is 82.5 Å². The van der Waals surface area contributed by atoms with Crippen LogP contribution >= 0.6 is 0 Å². The number of unbranched alkanes of at least 4 members (excludes halogenated alkanes) is 17. The number of methoxy groups -OCH3 is 1. The Labute approximate surface area is 657 Å². The van der Waals surface area contributed by atoms with Crippen LogP contribution in [0.2, 0.25) is 0 Å². The fourth-order valence-electron chi connectivity index (χ4n) is 14.0. The fourth-order valence-corrected chi connectivity index (χ4v) is 14.0. The first-order valence-corrected chi connectivity index (χ1v) is 39.9. The molecule has 0 bridgehead atoms. The lowest BCUT2D eigenvalue weighted by atomic mass is 9.95. The SMILES string of the molecule is CCCCCCCCCCCCCC[C@@H](O)[C@@H](O)[C@H](COC1OC(COCCCCCCNC(=O)CCCCC(=O)NCCOC2OC(CO)C(OC3OC(C(=O)O)C(O)C(OC4OC(CO)C(OC5OC(C(=O)O)C(O)C(O)C5O)C(O)C4O)C3O)C(O)C2O)C(O)C(O)C1O)NC(=O)CCCCCc1ccc(OC)cc1. The molecular formula is C75H127N3O35. The molecule has 113 heavy (non-hydrogen) atoms. The molecule has 25 unspecified atom stereocenters. The molecular weight excluding hydrogens is 1500 g/mol. The number of ether oxygens (including phenoxy) is 12. The first-order chi connectivity index (χ1) is 54.1. The molecule has 0 radical (unpaired) electrons. The van der Waals surface area contributed by atoms with Gasteiger partial charge in [-0.3, -0.25) is 14.4 Å². The molecule has 652 valence electrons. The highest BCUT2D eigenvalue weighted by atomic mass is 16.8. The van der Waals surface area contributed by atoms with Crippen molar-refractivity contribution in [2.45, 2.75) is 346 Å². The fraction of sp³-hybridized carbons (Fsp3) is 0.853. The Bertz CT molecular complexity index is 2840. The molecule has 0 aromatic heterocycles. The summed E-state index contributed by atoms with van der Waals surface area (Å²) in [6.45, 7) is -0.183. The number of amides is 3. The third kappa shape index (κ3) is 30.9. The second-order valence-electron chi connectivity index (χ2n) is 29.6. The van der Waals surface area contributed by atoms with Crippen LogP contribution in [0.15, 0.2) is 24.3 Å². The first kappa shape index (κ1) is 97.1. The van der Waals surface area contributed by atoms with Gasteiger partial charge in [0, 0.05) is 39.0 Å². The Morgan fingerprint density at radius 3 is 1.47 bits per heavy atom. The molecule has 0 saturated carbocycles. The molecule has 38 heteroatoms. The minimum atomic E-state index is -2.33. The third-order valence-electron chi connectivity index (χ3n) is 20.8. The number of rotatable bonds is 54. The van der Waals surface area contributed by atoms with Gasteiger partial charge >= 0.3 is 11.9 Å². The Hall–Kier alpha value is -4.71. The standard InChI is InChI=1S/C75H127N3O35/c1-3-4-5-6-7-8-9-10-11-12-13-18-25-44(81)51(85)43(78-50(84)28-19-16-17-24-41-29-31-42(102-2)32-30-41)39-105-72-58(92)53(87)52(86)47(108-72)40-103-35-23-15-14-22-33-76-48(82)26-20-21-27-49(83)77-34-36-104-71-60(94)56(90)64(45(37-79)106-71)110-75-63(97)66(62(96)68(113-75)70(100)101)111-73-61(95)57(91)65(46(38-80)107-73)109-74-59(93)54(88)55(89)67(112-74)69(98)99/h29-32,43-47,51-68,71-75,79-81,85-97H,3-28,33-40H2,1-2H3,(H,76,82)(H,77,83)(H,78,84)(H,98,99)(H,100,101)/t43-,44+,45?,46?,47?,51-,52?,53?,54?,55?,56?,57?,58?,59?,60?,61?,62?,63?,64?,65?,66?,67?,68?,71?,72?,73?,74?,75?/m0/s1. The van der Waals surface area contributed by atoms with Crippen LogP contribution in [0.4, 0.5) is 0 Å². The zero-order chi connectivity index (χ0) is 82.7. The molecule has 0 aliphatic carbocycles. The van der Waals surface area contributed by atoms with E-state index in [-0.39, 0.29) is 57.4 Å². The van der Waals surface area contributed by atoms with Crippen molar-refractivity contribution in [2.24, 2.45) is 0 Å². The smallest absolute Gasteiger partial charge is 0.335 e. The number of hydrogen-bond acceptors (Lipinski definition) is 33. The lowest BCUT2D eigenvalue weighted by molar-refractivity contribution is -0.385. The van der Waals surface area contributed by atoms with Gasteiger partial charge in [0.1, 0.15) is 122 Å². The number of carbonyl (C=O) groups excluding carboxylic acids is 3. The van der Waals surface area contributed by atoms with Gasteiger partial charge < -0.3 is 165 Å².